The number of hydrogen-bond acceptors (Lipinski definition) is 6. The molecule has 41 heavy (non-hydrogen) atoms. The molecular weight excluding hydrogens is 532 g/mol. The summed E-state index contributed by atoms with van der Waals surface area (Å²) in [6.45, 7) is 10.7. The van der Waals surface area contributed by atoms with Crippen molar-refractivity contribution in [1.29, 1.82) is 0 Å². The van der Waals surface area contributed by atoms with Gasteiger partial charge in [-0.15, -0.1) is 0 Å². The molecule has 1 heterocycles. The Labute approximate surface area is 241 Å². The number of dihydropyridines is 1. The lowest BCUT2D eigenvalue weighted by Gasteiger charge is -2.40. The van der Waals surface area contributed by atoms with E-state index in [0.717, 1.165) is 31.0 Å². The largest absolute Gasteiger partial charge is 0.391 e. The summed E-state index contributed by atoms with van der Waals surface area (Å²) < 4.78 is 28.2. The molecule has 1 aromatic carbocycles. The van der Waals surface area contributed by atoms with Gasteiger partial charge in [0, 0.05) is 44.4 Å². The Hall–Kier alpha value is -3.18. The number of hydrogen-bond donors (Lipinski definition) is 4. The van der Waals surface area contributed by atoms with E-state index in [-0.39, 0.29) is 48.4 Å². The van der Waals surface area contributed by atoms with Gasteiger partial charge in [-0.25, -0.2) is 8.78 Å². The number of aliphatic hydroxyl groups excluding tert-OH is 1. The van der Waals surface area contributed by atoms with Crippen molar-refractivity contribution in [2.75, 3.05) is 32.7 Å². The van der Waals surface area contributed by atoms with Crippen LogP contribution in [0.3, 0.4) is 0 Å². The van der Waals surface area contributed by atoms with Crippen molar-refractivity contribution >= 4 is 23.9 Å². The lowest BCUT2D eigenvalue weighted by atomic mass is 9.67. The minimum absolute atomic E-state index is 0.133. The number of nitrogens with two attached hydrogens (primary N) is 1. The number of aliphatic imine (C=N–C) groups is 1. The van der Waals surface area contributed by atoms with E-state index in [4.69, 9.17) is 5.73 Å². The summed E-state index contributed by atoms with van der Waals surface area (Å²) in [7, 11) is 0. The zero-order valence-electron chi connectivity index (χ0n) is 24.8. The molecule has 0 aliphatic carbocycles. The van der Waals surface area contributed by atoms with Crippen molar-refractivity contribution in [3.8, 4) is 0 Å². The summed E-state index contributed by atoms with van der Waals surface area (Å²) in [6.07, 6.45) is 2.86. The summed E-state index contributed by atoms with van der Waals surface area (Å²) in [4.78, 5) is 45.0. The molecule has 9 nitrogen and oxygen atoms in total. The van der Waals surface area contributed by atoms with Crippen LogP contribution >= 0.6 is 0 Å². The van der Waals surface area contributed by atoms with Crippen molar-refractivity contribution in [1.82, 2.24) is 15.5 Å². The van der Waals surface area contributed by atoms with Crippen molar-refractivity contribution in [2.45, 2.75) is 66.0 Å². The Morgan fingerprint density at radius 2 is 1.68 bits per heavy atom. The van der Waals surface area contributed by atoms with Gasteiger partial charge < -0.3 is 26.4 Å². The van der Waals surface area contributed by atoms with Crippen molar-refractivity contribution in [2.24, 2.45) is 28.0 Å². The fourth-order valence-corrected chi connectivity index (χ4v) is 5.00. The first-order chi connectivity index (χ1) is 19.3. The molecule has 0 saturated carbocycles. The monoisotopic (exact) mass is 577 g/mol. The molecule has 11 heteroatoms. The second kappa shape index (κ2) is 15.7. The molecule has 0 bridgehead atoms. The molecule has 4 atom stereocenters. The Bertz CT molecular complexity index is 1100. The third-order valence-electron chi connectivity index (χ3n) is 7.19. The van der Waals surface area contributed by atoms with Gasteiger partial charge in [0.25, 0.3) is 5.91 Å². The molecule has 2 rings (SSSR count). The minimum Gasteiger partial charge on any atom is -0.391 e. The lowest BCUT2D eigenvalue weighted by Crippen LogP contribution is -2.54. The normalized spacial score (nSPS) is 18.9. The van der Waals surface area contributed by atoms with Gasteiger partial charge in [-0.05, 0) is 49.8 Å². The Kier molecular flexibility index (Phi) is 13.0. The van der Waals surface area contributed by atoms with Crippen LogP contribution in [0.2, 0.25) is 0 Å². The zero-order chi connectivity index (χ0) is 30.7. The smallest absolute Gasteiger partial charge is 0.255 e. The van der Waals surface area contributed by atoms with Gasteiger partial charge in [0.15, 0.2) is 0 Å². The van der Waals surface area contributed by atoms with Crippen LogP contribution in [0.15, 0.2) is 34.8 Å². The average Bonchev–Trinajstić information content (AvgIpc) is 2.91. The highest BCUT2D eigenvalue weighted by Gasteiger charge is 2.48. The second-order valence-electron chi connectivity index (χ2n) is 11.2. The quantitative estimate of drug-likeness (QED) is 0.239. The van der Waals surface area contributed by atoms with Crippen LogP contribution in [0.25, 0.3) is 0 Å². The highest BCUT2D eigenvalue weighted by Crippen LogP contribution is 2.38. The molecule has 1 aromatic rings. The first-order valence-electron chi connectivity index (χ1n) is 14.3. The van der Waals surface area contributed by atoms with E-state index >= 15 is 0 Å². The number of rotatable bonds is 16. The summed E-state index contributed by atoms with van der Waals surface area (Å²) >= 11 is 0. The van der Waals surface area contributed by atoms with E-state index in [1.165, 1.54) is 12.3 Å². The molecule has 0 saturated heterocycles. The summed E-state index contributed by atoms with van der Waals surface area (Å²) in [5, 5.41) is 17.3. The molecule has 1 aliphatic rings. The molecule has 0 radical (unpaired) electrons. The van der Waals surface area contributed by atoms with E-state index in [9.17, 15) is 28.3 Å². The van der Waals surface area contributed by atoms with E-state index in [2.05, 4.69) is 15.6 Å². The van der Waals surface area contributed by atoms with Gasteiger partial charge in [-0.2, -0.15) is 0 Å². The topological polar surface area (TPSA) is 137 Å². The van der Waals surface area contributed by atoms with Gasteiger partial charge in [0.1, 0.15) is 11.6 Å². The Morgan fingerprint density at radius 1 is 1.07 bits per heavy atom. The van der Waals surface area contributed by atoms with Gasteiger partial charge in [0.2, 0.25) is 11.8 Å². The fraction of sp³-hybridized carbons (Fsp3) is 0.600. The molecule has 1 unspecified atom stereocenters. The van der Waals surface area contributed by atoms with Gasteiger partial charge in [-0.3, -0.25) is 19.4 Å². The first-order valence-corrected chi connectivity index (χ1v) is 14.3. The maximum absolute atomic E-state index is 14.1. The second-order valence-corrected chi connectivity index (χ2v) is 11.2. The molecule has 0 fully saturated rings. The SMILES string of the molecule is CCCN(CCC)C(=O)C1=CC(C(N)=O)([C@H](Cc2cc(F)cc(F)c2)[C@@H](O)CN[C@@H](C)C(=O)NCC(C)C)CN=C1. The number of carbonyl (C=O) groups is 3. The zero-order valence-corrected chi connectivity index (χ0v) is 24.8. The predicted molar refractivity (Wildman–Crippen MR) is 155 cm³/mol. The fourth-order valence-electron chi connectivity index (χ4n) is 5.00. The number of nitrogens with one attached hydrogen (secondary N) is 2. The third kappa shape index (κ3) is 9.43. The van der Waals surface area contributed by atoms with E-state index < -0.39 is 41.0 Å². The van der Waals surface area contributed by atoms with Crippen LogP contribution in [0.5, 0.6) is 0 Å². The van der Waals surface area contributed by atoms with Crippen LogP contribution in [0.4, 0.5) is 8.78 Å². The van der Waals surface area contributed by atoms with Crippen LogP contribution in [0, 0.1) is 28.9 Å². The standard InChI is InChI=1S/C30H45F2N5O4/c1-6-8-37(9-7-2)28(40)22-14-30(29(33)41,18-34-16-22)25(12-21-10-23(31)13-24(32)11-21)26(38)17-35-20(5)27(39)36-15-19(3)4/h10-11,13-14,16,19-20,25-26,35,38H,6-9,12,15,17-18H2,1-5H3,(H2,33,41)(H,36,39)/t20-,25+,26-,30?/m0/s1. The Morgan fingerprint density at radius 3 is 2.22 bits per heavy atom. The molecule has 5 N–H and O–H groups in total. The van der Waals surface area contributed by atoms with Crippen LogP contribution in [0.1, 0.15) is 53.0 Å². The highest BCUT2D eigenvalue weighted by atomic mass is 19.1. The molecule has 3 amide bonds. The summed E-state index contributed by atoms with van der Waals surface area (Å²) in [5.41, 5.74) is 4.67. The molecule has 0 aromatic heterocycles. The number of amides is 3. The van der Waals surface area contributed by atoms with Gasteiger partial charge >= 0.3 is 0 Å². The van der Waals surface area contributed by atoms with Crippen molar-refractivity contribution in [3.05, 3.63) is 47.0 Å². The first kappa shape index (κ1) is 34.0. The maximum atomic E-state index is 14.1. The third-order valence-corrected chi connectivity index (χ3v) is 7.19. The predicted octanol–water partition coefficient (Wildman–Crippen LogP) is 2.37. The van der Waals surface area contributed by atoms with Gasteiger partial charge in [-0.1, -0.05) is 33.8 Å². The number of nitrogens with zero attached hydrogens (tertiary/aromatic N) is 2. The van der Waals surface area contributed by atoms with Crippen molar-refractivity contribution in [3.63, 3.8) is 0 Å². The number of primary amides is 1. The number of benzene rings is 1. The van der Waals surface area contributed by atoms with Crippen LogP contribution in [-0.2, 0) is 20.8 Å². The van der Waals surface area contributed by atoms with E-state index in [1.54, 1.807) is 11.8 Å². The average molecular weight is 578 g/mol. The number of carbonyl (C=O) groups excluding carboxylic acids is 3. The molecule has 0 spiro atoms. The Balaban J connectivity index is 2.48. The summed E-state index contributed by atoms with van der Waals surface area (Å²) in [6, 6.07) is 2.31. The minimum atomic E-state index is -1.64. The van der Waals surface area contributed by atoms with E-state index in [0.29, 0.717) is 19.6 Å². The van der Waals surface area contributed by atoms with E-state index in [1.807, 2.05) is 27.7 Å². The summed E-state index contributed by atoms with van der Waals surface area (Å²) in [5.74, 6) is -3.81. The van der Waals surface area contributed by atoms with Crippen LogP contribution in [-0.4, -0.2) is 78.8 Å². The van der Waals surface area contributed by atoms with Crippen LogP contribution < -0.4 is 16.4 Å². The van der Waals surface area contributed by atoms with Gasteiger partial charge in [0.05, 0.1) is 29.7 Å². The number of halogens is 2. The highest BCUT2D eigenvalue weighted by molar-refractivity contribution is 6.13. The maximum Gasteiger partial charge on any atom is 0.255 e. The molecule has 228 valence electrons. The van der Waals surface area contributed by atoms with Crippen molar-refractivity contribution < 1.29 is 28.3 Å². The number of aliphatic hydroxyl groups is 1. The molecule has 1 aliphatic heterocycles. The molecular formula is C30H45F2N5O4. The lowest BCUT2D eigenvalue weighted by molar-refractivity contribution is -0.130.